The molecule has 0 radical (unpaired) electrons. The molecule has 6 bridgehead atoms. The number of benzene rings is 1. The lowest BCUT2D eigenvalue weighted by molar-refractivity contribution is -0.139. The Morgan fingerprint density at radius 2 is 1.64 bits per heavy atom. The highest BCUT2D eigenvalue weighted by Crippen LogP contribution is 2.29. The van der Waals surface area contributed by atoms with Gasteiger partial charge >= 0.3 is 0 Å². The van der Waals surface area contributed by atoms with Crippen molar-refractivity contribution < 1.29 is 33.0 Å². The van der Waals surface area contributed by atoms with Crippen LogP contribution in [-0.4, -0.2) is 121 Å². The lowest BCUT2D eigenvalue weighted by Crippen LogP contribution is -2.52. The molecule has 0 spiro atoms. The number of amides is 3. The number of carbonyl (C=O) groups excluding carboxylic acids is 3. The van der Waals surface area contributed by atoms with Crippen molar-refractivity contribution in [3.05, 3.63) is 59.5 Å². The van der Waals surface area contributed by atoms with Gasteiger partial charge < -0.3 is 29.3 Å². The van der Waals surface area contributed by atoms with Crippen molar-refractivity contribution in [2.24, 2.45) is 5.92 Å². The Kier molecular flexibility index (Phi) is 10.2. The number of likely N-dealkylation sites (tertiary alicyclic amines) is 1. The summed E-state index contributed by atoms with van der Waals surface area (Å²) in [6, 6.07) is 10.8. The molecule has 11 nitrogen and oxygen atoms in total. The zero-order valence-electron chi connectivity index (χ0n) is 25.6. The fourth-order valence-corrected chi connectivity index (χ4v) is 6.93. The Bertz CT molecular complexity index is 1350. The second-order valence-electron chi connectivity index (χ2n) is 12.3. The minimum Gasteiger partial charge on any atom is -0.475 e. The number of fused-ring (bicyclic) bond motifs is 10. The molecule has 2 atom stereocenters. The van der Waals surface area contributed by atoms with E-state index in [2.05, 4.69) is 15.2 Å². The van der Waals surface area contributed by atoms with E-state index in [1.54, 1.807) is 35.2 Å². The van der Waals surface area contributed by atoms with Crippen molar-refractivity contribution in [3.8, 4) is 5.88 Å². The zero-order valence-corrected chi connectivity index (χ0v) is 25.6. The Morgan fingerprint density at radius 1 is 0.867 bits per heavy atom. The summed E-state index contributed by atoms with van der Waals surface area (Å²) in [6.07, 6.45) is 3.71. The molecule has 6 heterocycles. The SMILES string of the molecule is O=C1N[C@H]2C[C@@H](C(=O)N3CCC(CC3)CN(C(=O)c3ccccc3F)CCOCCOc3cccc1n3)N(C1CCOCC1)C2. The lowest BCUT2D eigenvalue weighted by atomic mass is 9.95. The van der Waals surface area contributed by atoms with E-state index in [1.165, 1.54) is 12.1 Å². The standard InChI is InChI=1S/C33H42FN5O6/c34-27-5-2-1-4-26(27)32(41)38-14-17-44-18-19-45-30-7-3-6-28(36-30)31(40)35-24-20-29(39(22-24)25-10-15-43-16-11-25)33(42)37-12-8-23(21-38)9-13-37/h1-7,23-25,29H,8-22H2,(H,35,40)/t24-,29-/m0/s1. The van der Waals surface area contributed by atoms with Gasteiger partial charge in [-0.25, -0.2) is 9.37 Å². The molecule has 2 aromatic rings. The number of carbonyl (C=O) groups is 3. The summed E-state index contributed by atoms with van der Waals surface area (Å²) < 4.78 is 31.7. The lowest BCUT2D eigenvalue weighted by Gasteiger charge is -2.39. The molecule has 45 heavy (non-hydrogen) atoms. The predicted molar refractivity (Wildman–Crippen MR) is 162 cm³/mol. The third-order valence-corrected chi connectivity index (χ3v) is 9.36. The molecule has 0 aliphatic carbocycles. The van der Waals surface area contributed by atoms with E-state index in [4.69, 9.17) is 14.2 Å². The van der Waals surface area contributed by atoms with Crippen LogP contribution in [0.1, 0.15) is 53.0 Å². The molecule has 1 aromatic heterocycles. The highest BCUT2D eigenvalue weighted by atomic mass is 19.1. The van der Waals surface area contributed by atoms with Crippen molar-refractivity contribution in [1.82, 2.24) is 25.0 Å². The molecule has 0 saturated carbocycles. The van der Waals surface area contributed by atoms with E-state index < -0.39 is 5.82 Å². The van der Waals surface area contributed by atoms with Gasteiger partial charge in [0, 0.05) is 64.1 Å². The van der Waals surface area contributed by atoms with Gasteiger partial charge in [0.25, 0.3) is 11.8 Å². The monoisotopic (exact) mass is 623 g/mol. The molecule has 1 N–H and O–H groups in total. The number of aromatic nitrogens is 1. The number of pyridine rings is 1. The normalized spacial score (nSPS) is 26.2. The maximum atomic E-state index is 14.6. The summed E-state index contributed by atoms with van der Waals surface area (Å²) in [5.41, 5.74) is 0.285. The van der Waals surface area contributed by atoms with Crippen molar-refractivity contribution in [2.45, 2.75) is 50.2 Å². The van der Waals surface area contributed by atoms with Crippen LogP contribution in [0.5, 0.6) is 5.88 Å². The Balaban J connectivity index is 1.21. The summed E-state index contributed by atoms with van der Waals surface area (Å²) in [7, 11) is 0. The van der Waals surface area contributed by atoms with Crippen LogP contribution in [0.3, 0.4) is 0 Å². The third kappa shape index (κ3) is 7.62. The molecule has 5 aliphatic rings. The zero-order chi connectivity index (χ0) is 31.2. The van der Waals surface area contributed by atoms with Crippen molar-refractivity contribution in [1.29, 1.82) is 0 Å². The van der Waals surface area contributed by atoms with Gasteiger partial charge in [-0.05, 0) is 56.2 Å². The largest absolute Gasteiger partial charge is 0.475 e. The first-order valence-electron chi connectivity index (χ1n) is 16.1. The van der Waals surface area contributed by atoms with E-state index in [9.17, 15) is 18.8 Å². The minimum absolute atomic E-state index is 0.0390. The average Bonchev–Trinajstić information content (AvgIpc) is 3.49. The number of nitrogens with one attached hydrogen (secondary N) is 1. The molecule has 1 aromatic carbocycles. The average molecular weight is 624 g/mol. The van der Waals surface area contributed by atoms with Crippen LogP contribution in [0, 0.1) is 11.7 Å². The Morgan fingerprint density at radius 3 is 2.44 bits per heavy atom. The van der Waals surface area contributed by atoms with Gasteiger partial charge in [-0.3, -0.25) is 19.3 Å². The van der Waals surface area contributed by atoms with E-state index in [-0.39, 0.29) is 72.8 Å². The second-order valence-corrected chi connectivity index (χ2v) is 12.3. The van der Waals surface area contributed by atoms with Crippen LogP contribution in [0.25, 0.3) is 0 Å². The number of rotatable bonds is 2. The van der Waals surface area contributed by atoms with Crippen LogP contribution in [0.4, 0.5) is 4.39 Å². The molecule has 0 unspecified atom stereocenters. The molecule has 3 fully saturated rings. The highest BCUT2D eigenvalue weighted by molar-refractivity contribution is 5.94. The van der Waals surface area contributed by atoms with Crippen LogP contribution in [0.15, 0.2) is 42.5 Å². The first-order valence-corrected chi connectivity index (χ1v) is 16.1. The molecule has 3 saturated heterocycles. The smallest absolute Gasteiger partial charge is 0.270 e. The summed E-state index contributed by atoms with van der Waals surface area (Å²) in [5.74, 6) is -0.654. The van der Waals surface area contributed by atoms with E-state index >= 15 is 0 Å². The Hall–Kier alpha value is -3.61. The minimum atomic E-state index is -0.550. The van der Waals surface area contributed by atoms with E-state index in [0.29, 0.717) is 58.2 Å². The van der Waals surface area contributed by atoms with Gasteiger partial charge in [0.05, 0.1) is 24.8 Å². The fraction of sp³-hybridized carbons (Fsp3) is 0.576. The number of hydrogen-bond donors (Lipinski definition) is 1. The van der Waals surface area contributed by atoms with Crippen LogP contribution in [0.2, 0.25) is 0 Å². The highest BCUT2D eigenvalue weighted by Gasteiger charge is 2.43. The van der Waals surface area contributed by atoms with Gasteiger partial charge in [0.1, 0.15) is 18.1 Å². The summed E-state index contributed by atoms with van der Waals surface area (Å²) in [6.45, 7) is 4.56. The first kappa shape index (κ1) is 31.4. The van der Waals surface area contributed by atoms with Crippen molar-refractivity contribution in [2.75, 3.05) is 65.8 Å². The molecule has 5 aliphatic heterocycles. The third-order valence-electron chi connectivity index (χ3n) is 9.36. The summed E-state index contributed by atoms with van der Waals surface area (Å²) in [4.78, 5) is 51.0. The number of ether oxygens (including phenoxy) is 3. The first-order chi connectivity index (χ1) is 22.0. The fourth-order valence-electron chi connectivity index (χ4n) is 6.93. The molecular formula is C33H42FN5O6. The molecular weight excluding hydrogens is 581 g/mol. The van der Waals surface area contributed by atoms with E-state index in [1.807, 2.05) is 4.90 Å². The summed E-state index contributed by atoms with van der Waals surface area (Å²) >= 11 is 0. The summed E-state index contributed by atoms with van der Waals surface area (Å²) in [5, 5.41) is 3.12. The van der Waals surface area contributed by atoms with Gasteiger partial charge in [-0.15, -0.1) is 0 Å². The topological polar surface area (TPSA) is 114 Å². The van der Waals surface area contributed by atoms with Gasteiger partial charge in [-0.1, -0.05) is 18.2 Å². The number of halogens is 1. The van der Waals surface area contributed by atoms with Crippen LogP contribution < -0.4 is 10.1 Å². The second kappa shape index (κ2) is 14.7. The predicted octanol–water partition coefficient (Wildman–Crippen LogP) is 2.36. The maximum absolute atomic E-state index is 14.6. The molecule has 7 rings (SSSR count). The molecule has 3 amide bonds. The molecule has 12 heteroatoms. The van der Waals surface area contributed by atoms with Crippen molar-refractivity contribution >= 4 is 17.7 Å². The molecule has 242 valence electrons. The van der Waals surface area contributed by atoms with E-state index in [0.717, 1.165) is 25.7 Å². The quantitative estimate of drug-likeness (QED) is 0.508. The Labute approximate surface area is 263 Å². The number of hydrogen-bond acceptors (Lipinski definition) is 8. The number of nitrogens with zero attached hydrogens (tertiary/aromatic N) is 4. The maximum Gasteiger partial charge on any atom is 0.270 e. The number of piperidine rings is 1. The van der Waals surface area contributed by atoms with Gasteiger partial charge in [0.2, 0.25) is 11.8 Å². The van der Waals surface area contributed by atoms with Crippen LogP contribution >= 0.6 is 0 Å². The van der Waals surface area contributed by atoms with Crippen molar-refractivity contribution in [3.63, 3.8) is 0 Å². The van der Waals surface area contributed by atoms with Gasteiger partial charge in [0.15, 0.2) is 0 Å². The van der Waals surface area contributed by atoms with Gasteiger partial charge in [-0.2, -0.15) is 0 Å². The van der Waals surface area contributed by atoms with Crippen LogP contribution in [-0.2, 0) is 14.3 Å².